The number of aryl methyl sites for hydroxylation is 1. The fourth-order valence-electron chi connectivity index (χ4n) is 5.36. The highest BCUT2D eigenvalue weighted by molar-refractivity contribution is 6.05. The number of aromatic amines is 1. The first-order chi connectivity index (χ1) is 17.5. The Hall–Kier alpha value is -4.11. The second kappa shape index (κ2) is 9.50. The molecule has 1 aliphatic heterocycles. The Kier molecular flexibility index (Phi) is 6.24. The number of carbonyl (C=O) groups excluding carboxylic acids is 2. The van der Waals surface area contributed by atoms with Gasteiger partial charge in [0.2, 0.25) is 17.6 Å². The van der Waals surface area contributed by atoms with E-state index in [-0.39, 0.29) is 5.91 Å². The molecule has 2 heterocycles. The number of anilines is 1. The lowest BCUT2D eigenvalue weighted by molar-refractivity contribution is -0.134. The Morgan fingerprint density at radius 3 is 2.67 bits per heavy atom. The van der Waals surface area contributed by atoms with Gasteiger partial charge in [-0.05, 0) is 52.6 Å². The maximum Gasteiger partial charge on any atom is 0.248 e. The zero-order valence-electron chi connectivity index (χ0n) is 20.4. The molecule has 0 aliphatic carbocycles. The summed E-state index contributed by atoms with van der Waals surface area (Å²) in [6, 6.07) is 19.9. The van der Waals surface area contributed by atoms with Gasteiger partial charge in [0.25, 0.3) is 0 Å². The van der Waals surface area contributed by atoms with Crippen molar-refractivity contribution < 1.29 is 9.59 Å². The molecule has 2 amide bonds. The van der Waals surface area contributed by atoms with Crippen molar-refractivity contribution >= 4 is 28.3 Å². The molecule has 4 aromatic rings. The fourth-order valence-corrected chi connectivity index (χ4v) is 5.36. The van der Waals surface area contributed by atoms with Crippen LogP contribution in [0.15, 0.2) is 60.7 Å². The lowest BCUT2D eigenvalue weighted by Gasteiger charge is -2.39. The summed E-state index contributed by atoms with van der Waals surface area (Å²) in [6.45, 7) is 4.55. The molecular weight excluding hydrogens is 454 g/mol. The van der Waals surface area contributed by atoms with Crippen molar-refractivity contribution in [3.05, 3.63) is 71.8 Å². The lowest BCUT2D eigenvalue weighted by atomic mass is 9.79. The van der Waals surface area contributed by atoms with Gasteiger partial charge in [0.1, 0.15) is 5.54 Å². The number of likely N-dealkylation sites (N-methyl/N-ethyl adjacent to an activating group) is 1. The first-order valence-corrected chi connectivity index (χ1v) is 12.1. The monoisotopic (exact) mass is 483 g/mol. The summed E-state index contributed by atoms with van der Waals surface area (Å²) in [5.41, 5.74) is 8.42. The number of amides is 2. The molecule has 0 saturated carbocycles. The van der Waals surface area contributed by atoms with Crippen molar-refractivity contribution in [2.75, 3.05) is 11.4 Å². The molecule has 0 fully saturated rings. The molecular formula is C27H29N7O2. The van der Waals surface area contributed by atoms with E-state index in [1.807, 2.05) is 67.6 Å². The molecule has 0 spiro atoms. The number of rotatable bonds is 7. The second-order valence-electron chi connectivity index (χ2n) is 9.20. The minimum Gasteiger partial charge on any atom is -0.369 e. The predicted molar refractivity (Wildman–Crippen MR) is 138 cm³/mol. The Labute approximate surface area is 209 Å². The summed E-state index contributed by atoms with van der Waals surface area (Å²) in [7, 11) is 0. The number of para-hydroxylation sites is 1. The third-order valence-electron chi connectivity index (χ3n) is 7.28. The van der Waals surface area contributed by atoms with Gasteiger partial charge in [-0.3, -0.25) is 9.59 Å². The van der Waals surface area contributed by atoms with E-state index in [4.69, 9.17) is 5.73 Å². The van der Waals surface area contributed by atoms with Crippen LogP contribution in [0.5, 0.6) is 0 Å². The molecule has 2 unspecified atom stereocenters. The van der Waals surface area contributed by atoms with Gasteiger partial charge >= 0.3 is 0 Å². The van der Waals surface area contributed by atoms with Crippen LogP contribution >= 0.6 is 0 Å². The second-order valence-corrected chi connectivity index (χ2v) is 9.20. The number of hydrogen-bond acceptors (Lipinski definition) is 6. The van der Waals surface area contributed by atoms with E-state index in [1.54, 1.807) is 11.8 Å². The van der Waals surface area contributed by atoms with Gasteiger partial charge in [0, 0.05) is 11.3 Å². The van der Waals surface area contributed by atoms with E-state index in [2.05, 4.69) is 25.9 Å². The molecule has 36 heavy (non-hydrogen) atoms. The van der Waals surface area contributed by atoms with Crippen molar-refractivity contribution in [3.63, 3.8) is 0 Å². The van der Waals surface area contributed by atoms with Gasteiger partial charge < -0.3 is 16.0 Å². The fraction of sp³-hybridized carbons (Fsp3) is 0.296. The quantitative estimate of drug-likeness (QED) is 0.371. The molecule has 184 valence electrons. The van der Waals surface area contributed by atoms with Crippen LogP contribution in [0.25, 0.3) is 22.2 Å². The number of fused-ring (bicyclic) bond motifs is 2. The van der Waals surface area contributed by atoms with Gasteiger partial charge in [-0.1, -0.05) is 68.4 Å². The topological polar surface area (TPSA) is 130 Å². The molecule has 2 atom stereocenters. The predicted octanol–water partition coefficient (Wildman–Crippen LogP) is 2.97. The Morgan fingerprint density at radius 1 is 1.14 bits per heavy atom. The Bertz CT molecular complexity index is 1420. The van der Waals surface area contributed by atoms with Crippen LogP contribution in [-0.2, 0) is 22.6 Å². The number of nitrogens with two attached hydrogens (primary N) is 1. The minimum absolute atomic E-state index is 0.146. The lowest BCUT2D eigenvalue weighted by Crippen LogP contribution is -2.63. The number of nitrogens with one attached hydrogen (secondary N) is 2. The molecule has 9 heteroatoms. The van der Waals surface area contributed by atoms with E-state index < -0.39 is 17.4 Å². The zero-order chi connectivity index (χ0) is 25.3. The number of benzene rings is 3. The highest BCUT2D eigenvalue weighted by atomic mass is 16.2. The van der Waals surface area contributed by atoms with Crippen molar-refractivity contribution in [2.24, 2.45) is 11.7 Å². The SMILES string of the molecule is CCNC1(C(C)C(N)=O)CCc2ccccc2N(Cc2cccc3c(-c4nn[nH]n4)cccc23)C1=O. The average molecular weight is 484 g/mol. The van der Waals surface area contributed by atoms with Gasteiger partial charge in [-0.2, -0.15) is 5.21 Å². The van der Waals surface area contributed by atoms with E-state index in [9.17, 15) is 9.59 Å². The van der Waals surface area contributed by atoms with Crippen LogP contribution in [0.2, 0.25) is 0 Å². The van der Waals surface area contributed by atoms with Crippen molar-refractivity contribution in [2.45, 2.75) is 38.8 Å². The number of nitrogens with zero attached hydrogens (tertiary/aromatic N) is 4. The standard InChI is InChI=1S/C27H29N7O2/c1-3-29-27(17(2)24(28)35)15-14-18-8-4-5-13-23(18)34(26(27)36)16-19-9-6-11-21-20(19)10-7-12-22(21)25-30-32-33-31-25/h4-13,17,29H,3,14-16H2,1-2H3,(H2,28,35)(H,30,31,32,33). The summed E-state index contributed by atoms with van der Waals surface area (Å²) in [4.78, 5) is 28.6. The molecule has 0 radical (unpaired) electrons. The summed E-state index contributed by atoms with van der Waals surface area (Å²) < 4.78 is 0. The Morgan fingerprint density at radius 2 is 1.92 bits per heavy atom. The number of aromatic nitrogens is 4. The maximum atomic E-state index is 14.4. The van der Waals surface area contributed by atoms with Crippen molar-refractivity contribution in [1.82, 2.24) is 25.9 Å². The van der Waals surface area contributed by atoms with E-state index in [0.29, 0.717) is 31.8 Å². The third-order valence-corrected chi connectivity index (χ3v) is 7.28. The van der Waals surface area contributed by atoms with Gasteiger partial charge in [-0.15, -0.1) is 10.2 Å². The van der Waals surface area contributed by atoms with Gasteiger partial charge in [-0.25, -0.2) is 0 Å². The highest BCUT2D eigenvalue weighted by Gasteiger charge is 2.49. The molecule has 9 nitrogen and oxygen atoms in total. The summed E-state index contributed by atoms with van der Waals surface area (Å²) in [5.74, 6) is -0.813. The van der Waals surface area contributed by atoms with Crippen LogP contribution in [0.4, 0.5) is 5.69 Å². The Balaban J connectivity index is 1.65. The third kappa shape index (κ3) is 3.91. The number of H-pyrrole nitrogens is 1. The van der Waals surface area contributed by atoms with Crippen LogP contribution in [0.3, 0.4) is 0 Å². The summed E-state index contributed by atoms with van der Waals surface area (Å²) in [5, 5.41) is 19.8. The molecule has 0 bridgehead atoms. The average Bonchev–Trinajstić information content (AvgIpc) is 3.40. The summed E-state index contributed by atoms with van der Waals surface area (Å²) in [6.07, 6.45) is 1.13. The molecule has 1 aromatic heterocycles. The highest BCUT2D eigenvalue weighted by Crippen LogP contribution is 2.37. The first kappa shape index (κ1) is 23.6. The number of tetrazole rings is 1. The number of hydrogen-bond donors (Lipinski definition) is 3. The van der Waals surface area contributed by atoms with E-state index in [1.165, 1.54) is 0 Å². The van der Waals surface area contributed by atoms with E-state index in [0.717, 1.165) is 33.2 Å². The van der Waals surface area contributed by atoms with Crippen LogP contribution in [0.1, 0.15) is 31.4 Å². The molecule has 3 aromatic carbocycles. The molecule has 1 aliphatic rings. The van der Waals surface area contributed by atoms with E-state index >= 15 is 0 Å². The molecule has 4 N–H and O–H groups in total. The normalized spacial score (nSPS) is 18.6. The largest absolute Gasteiger partial charge is 0.369 e. The zero-order valence-corrected chi connectivity index (χ0v) is 20.4. The minimum atomic E-state index is -1.10. The molecule has 0 saturated heterocycles. The maximum absolute atomic E-state index is 14.4. The summed E-state index contributed by atoms with van der Waals surface area (Å²) >= 11 is 0. The first-order valence-electron chi connectivity index (χ1n) is 12.1. The van der Waals surface area contributed by atoms with Gasteiger partial charge in [0.15, 0.2) is 0 Å². The van der Waals surface area contributed by atoms with Crippen molar-refractivity contribution in [3.8, 4) is 11.4 Å². The van der Waals surface area contributed by atoms with Crippen molar-refractivity contribution in [1.29, 1.82) is 0 Å². The molecule has 5 rings (SSSR count). The number of primary amides is 1. The number of carbonyl (C=O) groups is 2. The smallest absolute Gasteiger partial charge is 0.248 e. The van der Waals surface area contributed by atoms with Crippen LogP contribution in [-0.4, -0.2) is 44.5 Å². The van der Waals surface area contributed by atoms with Crippen LogP contribution < -0.4 is 16.0 Å². The van der Waals surface area contributed by atoms with Gasteiger partial charge in [0.05, 0.1) is 12.5 Å². The van der Waals surface area contributed by atoms with Crippen LogP contribution in [0, 0.1) is 5.92 Å².